The fourth-order valence-corrected chi connectivity index (χ4v) is 3.72. The number of ether oxygens (including phenoxy) is 2. The van der Waals surface area contributed by atoms with E-state index < -0.39 is 5.82 Å². The van der Waals surface area contributed by atoms with Gasteiger partial charge in [-0.2, -0.15) is 0 Å². The summed E-state index contributed by atoms with van der Waals surface area (Å²) in [5.41, 5.74) is 1.36. The normalized spacial score (nSPS) is 11.5. The molecule has 1 unspecified atom stereocenters. The van der Waals surface area contributed by atoms with E-state index in [0.29, 0.717) is 41.1 Å². The number of unbranched alkanes of at least 4 members (excludes halogenated alkanes) is 2. The van der Waals surface area contributed by atoms with Gasteiger partial charge >= 0.3 is 0 Å². The average molecular weight is 523 g/mol. The molecule has 1 N–H and O–H groups in total. The summed E-state index contributed by atoms with van der Waals surface area (Å²) < 4.78 is 26.8. The van der Waals surface area contributed by atoms with Gasteiger partial charge in [0.15, 0.2) is 11.6 Å². The number of methoxy groups -OCH3 is 1. The van der Waals surface area contributed by atoms with Crippen LogP contribution in [0.4, 0.5) is 15.9 Å². The van der Waals surface area contributed by atoms with Crippen molar-refractivity contribution in [3.05, 3.63) is 54.7 Å². The zero-order chi connectivity index (χ0) is 27.3. The summed E-state index contributed by atoms with van der Waals surface area (Å²) in [6, 6.07) is 8.65. The lowest BCUT2D eigenvalue weighted by molar-refractivity contribution is 0.321. The van der Waals surface area contributed by atoms with Gasteiger partial charge in [-0.25, -0.2) is 18.9 Å². The largest absolute Gasteiger partial charge is 0.491 e. The third-order valence-corrected chi connectivity index (χ3v) is 6.12. The first-order chi connectivity index (χ1) is 18.5. The summed E-state index contributed by atoms with van der Waals surface area (Å²) in [6.45, 7) is 9.44. The lowest BCUT2D eigenvalue weighted by Gasteiger charge is -2.12. The molecule has 0 aliphatic carbocycles. The zero-order valence-electron chi connectivity index (χ0n) is 23.1. The van der Waals surface area contributed by atoms with Crippen molar-refractivity contribution in [2.75, 3.05) is 19.0 Å². The monoisotopic (exact) mass is 522 g/mol. The molecule has 0 aromatic carbocycles. The molecule has 4 heterocycles. The molecule has 0 bridgehead atoms. The van der Waals surface area contributed by atoms with Crippen LogP contribution in [0.5, 0.6) is 11.6 Å². The standard InChI is InChI=1S/C20H19FN6O2.C9H20/c1-3-11-29-16-8-10-27-18(16)20(24-14-7-9-22-12-13(14)21)25-19(26-27)15-5-4-6-17(23-15)28-2;1-4-6-7-8-9(3)5-2/h4-10,12H,3,11H2,1-2H3,(H,22,24,25,26);9H,4-8H2,1-3H3. The van der Waals surface area contributed by atoms with Crippen molar-refractivity contribution in [3.63, 3.8) is 0 Å². The molecule has 0 radical (unpaired) electrons. The van der Waals surface area contributed by atoms with Gasteiger partial charge in [-0.05, 0) is 24.5 Å². The smallest absolute Gasteiger partial charge is 0.213 e. The molecule has 0 aliphatic heterocycles. The van der Waals surface area contributed by atoms with Crippen molar-refractivity contribution in [2.24, 2.45) is 5.92 Å². The third-order valence-electron chi connectivity index (χ3n) is 6.12. The summed E-state index contributed by atoms with van der Waals surface area (Å²) >= 11 is 0. The number of aromatic nitrogens is 5. The summed E-state index contributed by atoms with van der Waals surface area (Å²) in [4.78, 5) is 12.8. The fourth-order valence-electron chi connectivity index (χ4n) is 3.72. The van der Waals surface area contributed by atoms with Crippen LogP contribution in [0.25, 0.3) is 17.0 Å². The number of rotatable bonds is 12. The average Bonchev–Trinajstić information content (AvgIpc) is 3.36. The van der Waals surface area contributed by atoms with E-state index in [9.17, 15) is 4.39 Å². The van der Waals surface area contributed by atoms with E-state index in [1.165, 1.54) is 44.4 Å². The van der Waals surface area contributed by atoms with Crippen LogP contribution >= 0.6 is 0 Å². The van der Waals surface area contributed by atoms with Crippen molar-refractivity contribution in [2.45, 2.75) is 66.2 Å². The first-order valence-corrected chi connectivity index (χ1v) is 13.4. The lowest BCUT2D eigenvalue weighted by Crippen LogP contribution is -2.06. The predicted molar refractivity (Wildman–Crippen MR) is 150 cm³/mol. The highest BCUT2D eigenvalue weighted by atomic mass is 19.1. The molecular weight excluding hydrogens is 483 g/mol. The van der Waals surface area contributed by atoms with E-state index in [1.54, 1.807) is 42.1 Å². The van der Waals surface area contributed by atoms with Gasteiger partial charge in [-0.1, -0.05) is 65.9 Å². The fraction of sp³-hybridized carbons (Fsp3) is 0.448. The molecule has 0 aliphatic rings. The van der Waals surface area contributed by atoms with E-state index in [2.05, 4.69) is 46.1 Å². The summed E-state index contributed by atoms with van der Waals surface area (Å²) in [6.07, 6.45) is 12.3. The number of fused-ring (bicyclic) bond motifs is 1. The van der Waals surface area contributed by atoms with Crippen LogP contribution < -0.4 is 14.8 Å². The Morgan fingerprint density at radius 3 is 2.61 bits per heavy atom. The maximum absolute atomic E-state index is 14.2. The second-order valence-corrected chi connectivity index (χ2v) is 9.16. The van der Waals surface area contributed by atoms with Crippen LogP contribution in [0.2, 0.25) is 0 Å². The van der Waals surface area contributed by atoms with Crippen LogP contribution in [-0.2, 0) is 0 Å². The minimum atomic E-state index is -0.493. The molecule has 0 fully saturated rings. The van der Waals surface area contributed by atoms with Crippen LogP contribution in [0.1, 0.15) is 66.2 Å². The van der Waals surface area contributed by atoms with Gasteiger partial charge in [0, 0.05) is 24.5 Å². The highest BCUT2D eigenvalue weighted by Gasteiger charge is 2.17. The number of hydrogen-bond acceptors (Lipinski definition) is 7. The van der Waals surface area contributed by atoms with Gasteiger partial charge in [-0.15, -0.1) is 5.10 Å². The Hall–Kier alpha value is -3.75. The minimum Gasteiger partial charge on any atom is -0.491 e. The minimum absolute atomic E-state index is 0.243. The van der Waals surface area contributed by atoms with Crippen molar-refractivity contribution >= 4 is 17.0 Å². The van der Waals surface area contributed by atoms with E-state index >= 15 is 0 Å². The van der Waals surface area contributed by atoms with Crippen molar-refractivity contribution in [3.8, 4) is 23.1 Å². The van der Waals surface area contributed by atoms with Gasteiger partial charge in [0.05, 0.1) is 25.6 Å². The van der Waals surface area contributed by atoms with Gasteiger partial charge in [0.25, 0.3) is 0 Å². The van der Waals surface area contributed by atoms with Gasteiger partial charge < -0.3 is 14.8 Å². The number of pyridine rings is 2. The maximum Gasteiger partial charge on any atom is 0.213 e. The molecule has 0 amide bonds. The molecular formula is C29H39FN6O2. The van der Waals surface area contributed by atoms with Crippen LogP contribution in [0.15, 0.2) is 48.9 Å². The molecule has 204 valence electrons. The molecule has 4 aromatic heterocycles. The summed E-state index contributed by atoms with van der Waals surface area (Å²) in [5, 5.41) is 7.57. The molecule has 0 spiro atoms. The Balaban J connectivity index is 0.000000383. The van der Waals surface area contributed by atoms with Gasteiger partial charge in [0.2, 0.25) is 11.7 Å². The number of hydrogen-bond donors (Lipinski definition) is 1. The van der Waals surface area contributed by atoms with E-state index in [4.69, 9.17) is 9.47 Å². The number of halogens is 1. The Labute approximate surface area is 224 Å². The lowest BCUT2D eigenvalue weighted by atomic mass is 10.0. The van der Waals surface area contributed by atoms with Crippen LogP contribution in [0.3, 0.4) is 0 Å². The van der Waals surface area contributed by atoms with Gasteiger partial charge in [-0.3, -0.25) is 4.98 Å². The molecule has 38 heavy (non-hydrogen) atoms. The zero-order valence-corrected chi connectivity index (χ0v) is 23.1. The quantitative estimate of drug-likeness (QED) is 0.193. The molecule has 1 atom stereocenters. The van der Waals surface area contributed by atoms with Crippen molar-refractivity contribution in [1.82, 2.24) is 24.6 Å². The topological polar surface area (TPSA) is 86.5 Å². The van der Waals surface area contributed by atoms with Gasteiger partial charge in [0.1, 0.15) is 17.0 Å². The van der Waals surface area contributed by atoms with Crippen molar-refractivity contribution < 1.29 is 13.9 Å². The molecule has 0 saturated heterocycles. The summed E-state index contributed by atoms with van der Waals surface area (Å²) in [7, 11) is 1.54. The Kier molecular flexibility index (Phi) is 11.3. The molecule has 0 saturated carbocycles. The Morgan fingerprint density at radius 2 is 1.89 bits per heavy atom. The highest BCUT2D eigenvalue weighted by molar-refractivity contribution is 5.80. The van der Waals surface area contributed by atoms with Crippen molar-refractivity contribution in [1.29, 1.82) is 0 Å². The van der Waals surface area contributed by atoms with E-state index in [-0.39, 0.29) is 5.69 Å². The van der Waals surface area contributed by atoms with E-state index in [0.717, 1.165) is 18.5 Å². The second kappa shape index (κ2) is 14.9. The second-order valence-electron chi connectivity index (χ2n) is 9.16. The molecule has 8 nitrogen and oxygen atoms in total. The number of anilines is 2. The highest BCUT2D eigenvalue weighted by Crippen LogP contribution is 2.31. The summed E-state index contributed by atoms with van der Waals surface area (Å²) in [5.74, 6) is 2.26. The SMILES string of the molecule is CCCCCC(C)CC.CCCOc1ccn2nc(-c3cccc(OC)n3)nc(Nc3ccncc3F)c12. The Morgan fingerprint density at radius 1 is 1.05 bits per heavy atom. The first kappa shape index (κ1) is 28.8. The molecule has 4 rings (SSSR count). The molecule has 4 aromatic rings. The number of nitrogens with zero attached hydrogens (tertiary/aromatic N) is 5. The van der Waals surface area contributed by atoms with E-state index in [1.807, 2.05) is 6.92 Å². The third kappa shape index (κ3) is 7.87. The number of nitrogens with one attached hydrogen (secondary N) is 1. The molecule has 9 heteroatoms. The maximum atomic E-state index is 14.2. The van der Waals surface area contributed by atoms with Crippen LogP contribution in [0, 0.1) is 11.7 Å². The Bertz CT molecular complexity index is 1280. The van der Waals surface area contributed by atoms with Crippen LogP contribution in [-0.4, -0.2) is 38.3 Å². The first-order valence-electron chi connectivity index (χ1n) is 13.4. The predicted octanol–water partition coefficient (Wildman–Crippen LogP) is 7.48.